The lowest BCUT2D eigenvalue weighted by molar-refractivity contribution is 0.412. The third kappa shape index (κ3) is 5.33. The zero-order chi connectivity index (χ0) is 7.98. The van der Waals surface area contributed by atoms with Crippen LogP contribution in [0.2, 0.25) is 0 Å². The van der Waals surface area contributed by atoms with Crippen LogP contribution >= 0.6 is 0 Å². The van der Waals surface area contributed by atoms with E-state index in [0.29, 0.717) is 0 Å². The number of hydrogen-bond acceptors (Lipinski definition) is 3. The molecule has 0 amide bonds. The summed E-state index contributed by atoms with van der Waals surface area (Å²) in [4.78, 5) is 2.02. The van der Waals surface area contributed by atoms with Gasteiger partial charge in [0, 0.05) is 13.1 Å². The van der Waals surface area contributed by atoms with Crippen molar-refractivity contribution in [2.24, 2.45) is 5.84 Å². The van der Waals surface area contributed by atoms with E-state index in [1.54, 1.807) is 0 Å². The second kappa shape index (κ2) is 5.01. The third-order valence-electron chi connectivity index (χ3n) is 1.01. The van der Waals surface area contributed by atoms with Crippen molar-refractivity contribution >= 4 is 5.96 Å². The summed E-state index contributed by atoms with van der Waals surface area (Å²) in [6, 6.07) is 0. The molecule has 0 unspecified atom stereocenters. The maximum atomic E-state index is 7.02. The summed E-state index contributed by atoms with van der Waals surface area (Å²) in [5, 5.41) is 9.79. The van der Waals surface area contributed by atoms with Gasteiger partial charge < -0.3 is 10.2 Å². The van der Waals surface area contributed by atoms with E-state index in [0.717, 1.165) is 13.1 Å². The molecule has 0 bridgehead atoms. The molecule has 5 N–H and O–H groups in total. The molecular weight excluding hydrogens is 130 g/mol. The van der Waals surface area contributed by atoms with Gasteiger partial charge in [-0.15, -0.1) is 0 Å². The van der Waals surface area contributed by atoms with E-state index in [1.165, 1.54) is 0 Å². The molecule has 0 radical (unpaired) electrons. The van der Waals surface area contributed by atoms with Gasteiger partial charge in [-0.3, -0.25) is 10.8 Å². The monoisotopic (exact) mass is 145 g/mol. The summed E-state index contributed by atoms with van der Waals surface area (Å²) in [5.74, 6) is 5.09. The van der Waals surface area contributed by atoms with Gasteiger partial charge in [0.25, 0.3) is 0 Å². The van der Waals surface area contributed by atoms with Crippen molar-refractivity contribution in [1.82, 2.24) is 15.6 Å². The molecule has 60 valence electrons. The molecular formula is C5H15N5. The van der Waals surface area contributed by atoms with E-state index in [-0.39, 0.29) is 5.96 Å². The lowest BCUT2D eigenvalue weighted by Crippen LogP contribution is -2.42. The number of rotatable bonds is 3. The quantitative estimate of drug-likeness (QED) is 0.169. The Hall–Kier alpha value is -0.810. The first kappa shape index (κ1) is 9.19. The largest absolute Gasteiger partial charge is 0.354 e. The zero-order valence-corrected chi connectivity index (χ0v) is 6.44. The van der Waals surface area contributed by atoms with Crippen molar-refractivity contribution in [2.45, 2.75) is 0 Å². The van der Waals surface area contributed by atoms with Gasteiger partial charge in [-0.2, -0.15) is 0 Å². The van der Waals surface area contributed by atoms with Crippen molar-refractivity contribution in [1.29, 1.82) is 5.41 Å². The molecule has 0 aliphatic rings. The number of likely N-dealkylation sites (N-methyl/N-ethyl adjacent to an activating group) is 1. The van der Waals surface area contributed by atoms with Crippen LogP contribution in [0.5, 0.6) is 0 Å². The minimum Gasteiger partial charge on any atom is -0.354 e. The third-order valence-corrected chi connectivity index (χ3v) is 1.01. The molecule has 0 aromatic heterocycles. The van der Waals surface area contributed by atoms with Gasteiger partial charge in [-0.1, -0.05) is 0 Å². The lowest BCUT2D eigenvalue weighted by Gasteiger charge is -2.10. The molecule has 0 atom stereocenters. The van der Waals surface area contributed by atoms with Crippen LogP contribution in [0.15, 0.2) is 0 Å². The second-order valence-electron chi connectivity index (χ2n) is 2.25. The Morgan fingerprint density at radius 2 is 2.20 bits per heavy atom. The molecule has 0 aliphatic carbocycles. The molecule has 5 nitrogen and oxygen atoms in total. The van der Waals surface area contributed by atoms with E-state index >= 15 is 0 Å². The van der Waals surface area contributed by atoms with Gasteiger partial charge in [-0.05, 0) is 14.1 Å². The first-order valence-corrected chi connectivity index (χ1v) is 3.10. The molecule has 0 saturated heterocycles. The average molecular weight is 145 g/mol. The summed E-state index contributed by atoms with van der Waals surface area (Å²) in [6.45, 7) is 1.63. The average Bonchev–Trinajstić information content (AvgIpc) is 1.87. The molecule has 0 rings (SSSR count). The van der Waals surface area contributed by atoms with Crippen LogP contribution in [-0.4, -0.2) is 38.0 Å². The van der Waals surface area contributed by atoms with Crippen LogP contribution in [0.4, 0.5) is 0 Å². The molecule has 10 heavy (non-hydrogen) atoms. The fourth-order valence-corrected chi connectivity index (χ4v) is 0.456. The highest BCUT2D eigenvalue weighted by molar-refractivity contribution is 5.75. The molecule has 0 saturated carbocycles. The number of hydrazine groups is 1. The Labute approximate surface area is 61.1 Å². The van der Waals surface area contributed by atoms with Crippen LogP contribution in [0, 0.1) is 5.41 Å². The van der Waals surface area contributed by atoms with Gasteiger partial charge >= 0.3 is 0 Å². The maximum Gasteiger partial charge on any atom is 0.202 e. The van der Waals surface area contributed by atoms with Gasteiger partial charge in [-0.25, -0.2) is 5.84 Å². The summed E-state index contributed by atoms with van der Waals surface area (Å²) in [6.07, 6.45) is 0. The summed E-state index contributed by atoms with van der Waals surface area (Å²) >= 11 is 0. The van der Waals surface area contributed by atoms with E-state index in [4.69, 9.17) is 11.3 Å². The van der Waals surface area contributed by atoms with Crippen molar-refractivity contribution in [2.75, 3.05) is 27.2 Å². The SMILES string of the molecule is CN(C)CCNC(=N)NN. The Morgan fingerprint density at radius 1 is 1.60 bits per heavy atom. The predicted octanol–water partition coefficient (Wildman–Crippen LogP) is -1.46. The van der Waals surface area contributed by atoms with Crippen LogP contribution in [-0.2, 0) is 0 Å². The highest BCUT2D eigenvalue weighted by Crippen LogP contribution is 1.68. The maximum absolute atomic E-state index is 7.02. The fourth-order valence-electron chi connectivity index (χ4n) is 0.456. The number of hydrogen-bond donors (Lipinski definition) is 4. The number of guanidine groups is 1. The Kier molecular flexibility index (Phi) is 4.61. The smallest absolute Gasteiger partial charge is 0.202 e. The van der Waals surface area contributed by atoms with Gasteiger partial charge in [0.15, 0.2) is 0 Å². The summed E-state index contributed by atoms with van der Waals surface area (Å²) in [5.41, 5.74) is 2.19. The van der Waals surface area contributed by atoms with E-state index in [1.807, 2.05) is 19.0 Å². The van der Waals surface area contributed by atoms with Gasteiger partial charge in [0.1, 0.15) is 0 Å². The molecule has 0 aromatic rings. The molecule has 0 fully saturated rings. The molecule has 0 heterocycles. The van der Waals surface area contributed by atoms with Crippen molar-refractivity contribution in [3.05, 3.63) is 0 Å². The number of nitrogens with zero attached hydrogens (tertiary/aromatic N) is 1. The first-order valence-electron chi connectivity index (χ1n) is 3.10. The summed E-state index contributed by atoms with van der Waals surface area (Å²) in [7, 11) is 3.95. The molecule has 0 aliphatic heterocycles. The molecule has 0 aromatic carbocycles. The van der Waals surface area contributed by atoms with Crippen molar-refractivity contribution in [3.63, 3.8) is 0 Å². The van der Waals surface area contributed by atoms with Crippen LogP contribution < -0.4 is 16.6 Å². The predicted molar refractivity (Wildman–Crippen MR) is 41.6 cm³/mol. The van der Waals surface area contributed by atoms with Crippen LogP contribution in [0.25, 0.3) is 0 Å². The molecule has 0 spiro atoms. The Balaban J connectivity index is 3.12. The van der Waals surface area contributed by atoms with E-state index in [9.17, 15) is 0 Å². The minimum absolute atomic E-state index is 0.154. The number of nitrogens with one attached hydrogen (secondary N) is 3. The van der Waals surface area contributed by atoms with Crippen LogP contribution in [0.1, 0.15) is 0 Å². The zero-order valence-electron chi connectivity index (χ0n) is 6.44. The minimum atomic E-state index is 0.154. The normalized spacial score (nSPS) is 9.60. The topological polar surface area (TPSA) is 77.2 Å². The van der Waals surface area contributed by atoms with Crippen molar-refractivity contribution < 1.29 is 0 Å². The first-order chi connectivity index (χ1) is 4.66. The van der Waals surface area contributed by atoms with E-state index < -0.39 is 0 Å². The van der Waals surface area contributed by atoms with Crippen molar-refractivity contribution in [3.8, 4) is 0 Å². The van der Waals surface area contributed by atoms with E-state index in [2.05, 4.69) is 10.7 Å². The Bertz CT molecular complexity index is 100. The highest BCUT2D eigenvalue weighted by Gasteiger charge is 1.90. The standard InChI is InChI=1S/C5H15N5/c1-10(2)4-3-8-5(6)9-7/h3-4,7H2,1-2H3,(H3,6,8,9). The van der Waals surface area contributed by atoms with Gasteiger partial charge in [0.2, 0.25) is 5.96 Å². The fraction of sp³-hybridized carbons (Fsp3) is 0.800. The highest BCUT2D eigenvalue weighted by atomic mass is 15.3. The number of nitrogens with two attached hydrogens (primary N) is 1. The molecule has 5 heteroatoms. The second-order valence-corrected chi connectivity index (χ2v) is 2.25. The summed E-state index contributed by atoms with van der Waals surface area (Å²) < 4.78 is 0. The Morgan fingerprint density at radius 3 is 2.60 bits per heavy atom. The van der Waals surface area contributed by atoms with Gasteiger partial charge in [0.05, 0.1) is 0 Å². The van der Waals surface area contributed by atoms with Crippen LogP contribution in [0.3, 0.4) is 0 Å². The lowest BCUT2D eigenvalue weighted by atomic mass is 10.6.